The van der Waals surface area contributed by atoms with Crippen LogP contribution in [0.4, 0.5) is 20.3 Å². The molecule has 1 aliphatic heterocycles. The van der Waals surface area contributed by atoms with E-state index in [0.29, 0.717) is 17.3 Å². The molecule has 12 heteroatoms. The van der Waals surface area contributed by atoms with Crippen molar-refractivity contribution in [2.24, 2.45) is 0 Å². The molecule has 0 spiro atoms. The van der Waals surface area contributed by atoms with Gasteiger partial charge in [-0.25, -0.2) is 17.2 Å². The third-order valence-electron chi connectivity index (χ3n) is 4.70. The van der Waals surface area contributed by atoms with E-state index >= 15 is 0 Å². The van der Waals surface area contributed by atoms with E-state index < -0.39 is 32.5 Å². The summed E-state index contributed by atoms with van der Waals surface area (Å²) in [7, 11) is -4.16. The first-order valence-electron chi connectivity index (χ1n) is 8.79. The molecule has 2 aromatic heterocycles. The zero-order valence-electron chi connectivity index (χ0n) is 15.4. The Morgan fingerprint density at radius 1 is 1.23 bits per heavy atom. The molecule has 9 nitrogen and oxygen atoms in total. The Morgan fingerprint density at radius 2 is 1.97 bits per heavy atom. The SMILES string of the molecule is Nc1cnccc1C(=O)Nc1n[nH]c2c1CN(S(=O)(=O)c1cc(F)cc(F)c1)CC2. The van der Waals surface area contributed by atoms with Gasteiger partial charge in [0.25, 0.3) is 5.91 Å². The Morgan fingerprint density at radius 3 is 2.67 bits per heavy atom. The largest absolute Gasteiger partial charge is 0.397 e. The molecule has 0 unspecified atom stereocenters. The summed E-state index contributed by atoms with van der Waals surface area (Å²) in [5, 5.41) is 9.44. The van der Waals surface area contributed by atoms with Crippen molar-refractivity contribution in [2.45, 2.75) is 17.9 Å². The molecule has 0 bridgehead atoms. The first-order chi connectivity index (χ1) is 14.3. The number of benzene rings is 1. The maximum atomic E-state index is 13.5. The minimum Gasteiger partial charge on any atom is -0.397 e. The van der Waals surface area contributed by atoms with E-state index in [1.807, 2.05) is 0 Å². The molecule has 4 N–H and O–H groups in total. The number of H-pyrrole nitrogens is 1. The average molecular weight is 434 g/mol. The molecular formula is C18H16F2N6O3S. The van der Waals surface area contributed by atoms with Crippen molar-refractivity contribution in [2.75, 3.05) is 17.6 Å². The van der Waals surface area contributed by atoms with Crippen LogP contribution in [0.3, 0.4) is 0 Å². The minimum atomic E-state index is -4.16. The van der Waals surface area contributed by atoms with Gasteiger partial charge in [-0.05, 0) is 18.2 Å². The summed E-state index contributed by atoms with van der Waals surface area (Å²) in [5.41, 5.74) is 7.24. The third-order valence-corrected chi connectivity index (χ3v) is 6.52. The molecule has 3 aromatic rings. The number of nitrogens with zero attached hydrogens (tertiary/aromatic N) is 3. The van der Waals surface area contributed by atoms with Gasteiger partial charge in [0.1, 0.15) is 11.6 Å². The quantitative estimate of drug-likeness (QED) is 0.572. The van der Waals surface area contributed by atoms with Crippen molar-refractivity contribution < 1.29 is 22.0 Å². The van der Waals surface area contributed by atoms with Crippen molar-refractivity contribution in [1.29, 1.82) is 0 Å². The van der Waals surface area contributed by atoms with Crippen molar-refractivity contribution in [3.05, 3.63) is 65.1 Å². The van der Waals surface area contributed by atoms with E-state index in [2.05, 4.69) is 20.5 Å². The second kappa shape index (κ2) is 7.46. The van der Waals surface area contributed by atoms with Crippen LogP contribution in [0.5, 0.6) is 0 Å². The molecule has 1 aromatic carbocycles. The summed E-state index contributed by atoms with van der Waals surface area (Å²) in [6, 6.07) is 3.57. The number of fused-ring (bicyclic) bond motifs is 1. The lowest BCUT2D eigenvalue weighted by atomic mass is 10.1. The number of nitrogens with two attached hydrogens (primary N) is 1. The summed E-state index contributed by atoms with van der Waals surface area (Å²) >= 11 is 0. The zero-order valence-corrected chi connectivity index (χ0v) is 16.2. The molecule has 4 rings (SSSR count). The van der Waals surface area contributed by atoms with Gasteiger partial charge >= 0.3 is 0 Å². The van der Waals surface area contributed by atoms with Crippen molar-refractivity contribution in [1.82, 2.24) is 19.5 Å². The van der Waals surface area contributed by atoms with E-state index in [9.17, 15) is 22.0 Å². The van der Waals surface area contributed by atoms with Gasteiger partial charge in [0.2, 0.25) is 10.0 Å². The number of pyridine rings is 1. The highest BCUT2D eigenvalue weighted by Crippen LogP contribution is 2.29. The number of nitrogen functional groups attached to an aromatic ring is 1. The highest BCUT2D eigenvalue weighted by Gasteiger charge is 2.32. The number of carbonyl (C=O) groups is 1. The van der Waals surface area contributed by atoms with Gasteiger partial charge in [-0.1, -0.05) is 0 Å². The highest BCUT2D eigenvalue weighted by molar-refractivity contribution is 7.89. The zero-order chi connectivity index (χ0) is 21.5. The fraction of sp³-hybridized carbons (Fsp3) is 0.167. The number of halogens is 2. The third kappa shape index (κ3) is 3.62. The van der Waals surface area contributed by atoms with E-state index in [0.717, 1.165) is 16.4 Å². The fourth-order valence-corrected chi connectivity index (χ4v) is 4.65. The van der Waals surface area contributed by atoms with Gasteiger partial charge in [-0.3, -0.25) is 14.9 Å². The molecule has 0 atom stereocenters. The topological polar surface area (TPSA) is 134 Å². The number of amides is 1. The monoisotopic (exact) mass is 434 g/mol. The summed E-state index contributed by atoms with van der Waals surface area (Å²) < 4.78 is 53.9. The number of hydrogen-bond donors (Lipinski definition) is 3. The minimum absolute atomic E-state index is 0.0837. The number of hydrogen-bond acceptors (Lipinski definition) is 6. The first-order valence-corrected chi connectivity index (χ1v) is 10.2. The molecule has 0 saturated carbocycles. The molecule has 0 fully saturated rings. The van der Waals surface area contributed by atoms with Crippen LogP contribution in [0, 0.1) is 11.6 Å². The van der Waals surface area contributed by atoms with E-state index in [-0.39, 0.29) is 36.6 Å². The van der Waals surface area contributed by atoms with Crippen LogP contribution in [-0.4, -0.2) is 40.4 Å². The van der Waals surface area contributed by atoms with E-state index in [4.69, 9.17) is 5.73 Å². The van der Waals surface area contributed by atoms with Crippen LogP contribution in [0.1, 0.15) is 21.6 Å². The van der Waals surface area contributed by atoms with Gasteiger partial charge < -0.3 is 11.1 Å². The lowest BCUT2D eigenvalue weighted by Crippen LogP contribution is -2.36. The highest BCUT2D eigenvalue weighted by atomic mass is 32.2. The fourth-order valence-electron chi connectivity index (χ4n) is 3.19. The molecule has 0 saturated heterocycles. The van der Waals surface area contributed by atoms with Gasteiger partial charge in [0, 0.05) is 43.0 Å². The van der Waals surface area contributed by atoms with Gasteiger partial charge in [-0.2, -0.15) is 9.40 Å². The normalized spacial score (nSPS) is 14.3. The number of aromatic nitrogens is 3. The Bertz CT molecular complexity index is 1220. The molecule has 0 aliphatic carbocycles. The summed E-state index contributed by atoms with van der Waals surface area (Å²) in [5.74, 6) is -2.36. The number of aromatic amines is 1. The van der Waals surface area contributed by atoms with Crippen LogP contribution in [0.25, 0.3) is 0 Å². The van der Waals surface area contributed by atoms with Gasteiger partial charge in [-0.15, -0.1) is 0 Å². The number of anilines is 2. The summed E-state index contributed by atoms with van der Waals surface area (Å²) in [6.07, 6.45) is 3.03. The van der Waals surface area contributed by atoms with Crippen molar-refractivity contribution >= 4 is 27.4 Å². The second-order valence-electron chi connectivity index (χ2n) is 6.64. The summed E-state index contributed by atoms with van der Waals surface area (Å²) in [6.45, 7) is -0.0475. The summed E-state index contributed by atoms with van der Waals surface area (Å²) in [4.78, 5) is 15.8. The second-order valence-corrected chi connectivity index (χ2v) is 8.58. The Balaban J connectivity index is 1.60. The molecule has 1 aliphatic rings. The Labute approximate surface area is 170 Å². The molecule has 156 valence electrons. The Hall–Kier alpha value is -3.38. The number of nitrogens with one attached hydrogen (secondary N) is 2. The van der Waals surface area contributed by atoms with Gasteiger partial charge in [0.05, 0.1) is 22.3 Å². The molecule has 30 heavy (non-hydrogen) atoms. The van der Waals surface area contributed by atoms with Crippen LogP contribution in [0.2, 0.25) is 0 Å². The van der Waals surface area contributed by atoms with Crippen LogP contribution >= 0.6 is 0 Å². The molecule has 1 amide bonds. The van der Waals surface area contributed by atoms with Crippen LogP contribution in [0.15, 0.2) is 41.6 Å². The van der Waals surface area contributed by atoms with Crippen molar-refractivity contribution in [3.63, 3.8) is 0 Å². The van der Waals surface area contributed by atoms with E-state index in [1.165, 1.54) is 18.5 Å². The predicted octanol–water partition coefficient (Wildman–Crippen LogP) is 1.66. The number of sulfonamides is 1. The maximum absolute atomic E-state index is 13.5. The predicted molar refractivity (Wildman–Crippen MR) is 103 cm³/mol. The van der Waals surface area contributed by atoms with Crippen molar-refractivity contribution in [3.8, 4) is 0 Å². The molecular weight excluding hydrogens is 418 g/mol. The molecule has 3 heterocycles. The smallest absolute Gasteiger partial charge is 0.259 e. The first kappa shape index (κ1) is 19.9. The Kier molecular flexibility index (Phi) is 4.95. The lowest BCUT2D eigenvalue weighted by Gasteiger charge is -2.26. The molecule has 0 radical (unpaired) electrons. The number of carbonyl (C=O) groups excluding carboxylic acids is 1. The average Bonchev–Trinajstić information content (AvgIpc) is 3.09. The number of rotatable bonds is 4. The maximum Gasteiger partial charge on any atom is 0.259 e. The van der Waals surface area contributed by atoms with Crippen LogP contribution < -0.4 is 11.1 Å². The standard InChI is InChI=1S/C18H16F2N6O3S/c19-10-5-11(20)7-12(6-10)30(28,29)26-4-2-16-14(9-26)17(25-24-16)23-18(27)13-1-3-22-8-15(13)21/h1,3,5-8H,2,4,9,21H2,(H2,23,24,25,27). The van der Waals surface area contributed by atoms with Crippen LogP contribution in [-0.2, 0) is 23.0 Å². The lowest BCUT2D eigenvalue weighted by molar-refractivity contribution is 0.102. The van der Waals surface area contributed by atoms with Gasteiger partial charge in [0.15, 0.2) is 5.82 Å². The van der Waals surface area contributed by atoms with E-state index in [1.54, 1.807) is 0 Å².